The zero-order valence-corrected chi connectivity index (χ0v) is 13.5. The van der Waals surface area contributed by atoms with Crippen molar-refractivity contribution in [1.82, 2.24) is 0 Å². The van der Waals surface area contributed by atoms with Crippen molar-refractivity contribution in [3.05, 3.63) is 47.3 Å². The molecule has 112 valence electrons. The lowest BCUT2D eigenvalue weighted by molar-refractivity contribution is 0.271. The lowest BCUT2D eigenvalue weighted by Gasteiger charge is -2.08. The van der Waals surface area contributed by atoms with E-state index in [0.717, 1.165) is 17.1 Å². The van der Waals surface area contributed by atoms with Crippen LogP contribution >= 0.6 is 11.3 Å². The Morgan fingerprint density at radius 2 is 1.95 bits per heavy atom. The van der Waals surface area contributed by atoms with Gasteiger partial charge in [0.1, 0.15) is 9.96 Å². The highest BCUT2D eigenvalue weighted by atomic mass is 32.2. The number of hydrogen-bond acceptors (Lipinski definition) is 4. The van der Waals surface area contributed by atoms with Gasteiger partial charge in [-0.2, -0.15) is 12.8 Å². The Balaban J connectivity index is 2.05. The molecule has 0 spiro atoms. The van der Waals surface area contributed by atoms with E-state index in [2.05, 4.69) is 18.2 Å². The van der Waals surface area contributed by atoms with Gasteiger partial charge in [0, 0.05) is 6.21 Å². The van der Waals surface area contributed by atoms with Crippen molar-refractivity contribution < 1.29 is 13.2 Å². The predicted octanol–water partition coefficient (Wildman–Crippen LogP) is 3.59. The average molecular weight is 323 g/mol. The van der Waals surface area contributed by atoms with Gasteiger partial charge >= 0.3 is 0 Å². The van der Waals surface area contributed by atoms with E-state index in [1.165, 1.54) is 6.21 Å². The van der Waals surface area contributed by atoms with E-state index in [9.17, 15) is 8.42 Å². The number of benzene rings is 1. The maximum atomic E-state index is 11.9. The Hall–Kier alpha value is -1.66. The molecule has 0 aliphatic carbocycles. The number of nitrogens with zero attached hydrogens (tertiary/aromatic N) is 1. The highest BCUT2D eigenvalue weighted by Gasteiger charge is 2.12. The Labute approximate surface area is 129 Å². The van der Waals surface area contributed by atoms with Crippen LogP contribution in [0.1, 0.15) is 19.4 Å². The number of rotatable bonds is 6. The fourth-order valence-corrected chi connectivity index (χ4v) is 3.35. The highest BCUT2D eigenvalue weighted by molar-refractivity contribution is 7.92. The number of sulfonamides is 1. The Morgan fingerprint density at radius 1 is 1.24 bits per heavy atom. The largest absolute Gasteiger partial charge is 0.493 e. The van der Waals surface area contributed by atoms with Crippen LogP contribution in [0.4, 0.5) is 0 Å². The molecule has 0 aliphatic heterocycles. The maximum Gasteiger partial charge on any atom is 0.291 e. The fraction of sp³-hybridized carbons (Fsp3) is 0.267. The second-order valence-corrected chi connectivity index (χ2v) is 7.72. The van der Waals surface area contributed by atoms with Gasteiger partial charge in [-0.15, -0.1) is 11.3 Å². The van der Waals surface area contributed by atoms with Crippen LogP contribution in [0.25, 0.3) is 0 Å². The van der Waals surface area contributed by atoms with Crippen LogP contribution in [-0.2, 0) is 10.0 Å². The molecule has 4 nitrogen and oxygen atoms in total. The summed E-state index contributed by atoms with van der Waals surface area (Å²) in [5, 5.41) is 1.71. The number of ether oxygens (including phenoxy) is 1. The minimum Gasteiger partial charge on any atom is -0.493 e. The van der Waals surface area contributed by atoms with Crippen molar-refractivity contribution in [1.29, 1.82) is 0 Å². The van der Waals surface area contributed by atoms with Gasteiger partial charge in [-0.1, -0.05) is 19.9 Å². The monoisotopic (exact) mass is 323 g/mol. The topological polar surface area (TPSA) is 55.7 Å². The van der Waals surface area contributed by atoms with E-state index in [4.69, 9.17) is 4.74 Å². The van der Waals surface area contributed by atoms with Crippen LogP contribution in [0.3, 0.4) is 0 Å². The fourth-order valence-electron chi connectivity index (χ4n) is 1.51. The van der Waals surface area contributed by atoms with E-state index >= 15 is 0 Å². The molecule has 0 saturated heterocycles. The summed E-state index contributed by atoms with van der Waals surface area (Å²) >= 11 is 1.15. The minimum absolute atomic E-state index is 0.246. The molecule has 2 rings (SSSR count). The molecule has 0 unspecified atom stereocenters. The maximum absolute atomic E-state index is 11.9. The van der Waals surface area contributed by atoms with Gasteiger partial charge in [0.2, 0.25) is 0 Å². The average Bonchev–Trinajstić information content (AvgIpc) is 2.99. The van der Waals surface area contributed by atoms with Crippen LogP contribution < -0.4 is 4.74 Å². The van der Waals surface area contributed by atoms with Crippen molar-refractivity contribution in [2.75, 3.05) is 6.61 Å². The van der Waals surface area contributed by atoms with Crippen LogP contribution in [0.2, 0.25) is 0 Å². The Kier molecular flexibility index (Phi) is 5.14. The normalized spacial score (nSPS) is 12.1. The van der Waals surface area contributed by atoms with Gasteiger partial charge < -0.3 is 4.74 Å². The molecule has 0 saturated carbocycles. The van der Waals surface area contributed by atoms with E-state index in [0.29, 0.717) is 18.1 Å². The lowest BCUT2D eigenvalue weighted by atomic mass is 10.2. The van der Waals surface area contributed by atoms with Gasteiger partial charge in [-0.25, -0.2) is 0 Å². The van der Waals surface area contributed by atoms with Crippen LogP contribution in [0.5, 0.6) is 5.75 Å². The first-order valence-corrected chi connectivity index (χ1v) is 8.86. The molecule has 0 atom stereocenters. The summed E-state index contributed by atoms with van der Waals surface area (Å²) < 4.78 is 33.3. The molecule has 1 aromatic heterocycles. The molecule has 6 heteroatoms. The Bertz CT molecular complexity index is 687. The van der Waals surface area contributed by atoms with Crippen molar-refractivity contribution >= 4 is 27.6 Å². The molecule has 0 N–H and O–H groups in total. The van der Waals surface area contributed by atoms with Gasteiger partial charge in [0.05, 0.1) is 6.61 Å². The zero-order valence-electron chi connectivity index (χ0n) is 11.9. The van der Waals surface area contributed by atoms with Gasteiger partial charge in [0.15, 0.2) is 0 Å². The first-order valence-electron chi connectivity index (χ1n) is 6.54. The molecule has 1 aromatic carbocycles. The number of thiophene rings is 1. The highest BCUT2D eigenvalue weighted by Crippen LogP contribution is 2.18. The summed E-state index contributed by atoms with van der Waals surface area (Å²) in [6, 6.07) is 10.4. The summed E-state index contributed by atoms with van der Waals surface area (Å²) in [6.07, 6.45) is 1.35. The summed E-state index contributed by atoms with van der Waals surface area (Å²) in [5.41, 5.74) is 0.715. The van der Waals surface area contributed by atoms with Crippen molar-refractivity contribution in [2.45, 2.75) is 18.1 Å². The lowest BCUT2D eigenvalue weighted by Crippen LogP contribution is -2.04. The summed E-state index contributed by atoms with van der Waals surface area (Å²) in [5.74, 6) is 1.23. The molecule has 0 aliphatic rings. The smallest absolute Gasteiger partial charge is 0.291 e. The summed E-state index contributed by atoms with van der Waals surface area (Å²) in [7, 11) is -3.59. The van der Waals surface area contributed by atoms with Gasteiger partial charge in [0.25, 0.3) is 10.0 Å². The first kappa shape index (κ1) is 15.7. The van der Waals surface area contributed by atoms with Crippen LogP contribution in [0.15, 0.2) is 50.4 Å². The molecule has 0 bridgehead atoms. The molecule has 2 aromatic rings. The van der Waals surface area contributed by atoms with Crippen molar-refractivity contribution in [3.8, 4) is 5.75 Å². The standard InChI is InChI=1S/C15H17NO3S2/c1-12(2)11-19-14-7-5-13(6-8-14)10-16-21(17,18)15-4-3-9-20-15/h3-10,12H,11H2,1-2H3/b16-10-. The molecule has 0 fully saturated rings. The van der Waals surface area contributed by atoms with E-state index in [1.54, 1.807) is 29.6 Å². The van der Waals surface area contributed by atoms with E-state index in [-0.39, 0.29) is 4.21 Å². The van der Waals surface area contributed by atoms with Crippen molar-refractivity contribution in [3.63, 3.8) is 0 Å². The summed E-state index contributed by atoms with van der Waals surface area (Å²) in [6.45, 7) is 4.81. The third-order valence-corrected chi connectivity index (χ3v) is 5.16. The van der Waals surface area contributed by atoms with E-state index in [1.807, 2.05) is 12.1 Å². The molecular formula is C15H17NO3S2. The number of hydrogen-bond donors (Lipinski definition) is 0. The van der Waals surface area contributed by atoms with Crippen molar-refractivity contribution in [2.24, 2.45) is 10.3 Å². The van der Waals surface area contributed by atoms with E-state index < -0.39 is 10.0 Å². The summed E-state index contributed by atoms with van der Waals surface area (Å²) in [4.78, 5) is 0. The van der Waals surface area contributed by atoms with Gasteiger partial charge in [-0.3, -0.25) is 0 Å². The predicted molar refractivity (Wildman–Crippen MR) is 85.9 cm³/mol. The zero-order chi connectivity index (χ0) is 15.3. The second kappa shape index (κ2) is 6.87. The molecule has 0 radical (unpaired) electrons. The molecule has 1 heterocycles. The minimum atomic E-state index is -3.59. The van der Waals surface area contributed by atoms with Crippen LogP contribution in [-0.4, -0.2) is 21.2 Å². The second-order valence-electron chi connectivity index (χ2n) is 4.92. The first-order chi connectivity index (χ1) is 9.97. The third-order valence-electron chi connectivity index (χ3n) is 2.55. The SMILES string of the molecule is CC(C)COc1ccc(/C=N\S(=O)(=O)c2cccs2)cc1. The molecule has 21 heavy (non-hydrogen) atoms. The molecule has 0 amide bonds. The van der Waals surface area contributed by atoms with Gasteiger partial charge in [-0.05, 0) is 47.2 Å². The third kappa shape index (κ3) is 4.68. The quantitative estimate of drug-likeness (QED) is 0.763. The Morgan fingerprint density at radius 3 is 2.52 bits per heavy atom. The van der Waals surface area contributed by atoms with Crippen LogP contribution in [0, 0.1) is 5.92 Å². The molecular weight excluding hydrogens is 306 g/mol.